The van der Waals surface area contributed by atoms with Crippen LogP contribution in [0.2, 0.25) is 0 Å². The lowest BCUT2D eigenvalue weighted by molar-refractivity contribution is -0.138. The first-order chi connectivity index (χ1) is 7.08. The highest BCUT2D eigenvalue weighted by Gasteiger charge is 2.26. The van der Waals surface area contributed by atoms with Crippen LogP contribution in [0.5, 0.6) is 0 Å². The highest BCUT2D eigenvalue weighted by atomic mass is 16.4. The third-order valence-corrected chi connectivity index (χ3v) is 1.83. The smallest absolute Gasteiger partial charge is 0.316 e. The molecule has 2 amide bonds. The number of nitrogens with one attached hydrogen (secondary N) is 2. The largest absolute Gasteiger partial charge is 0.481 e. The van der Waals surface area contributed by atoms with Gasteiger partial charge in [-0.1, -0.05) is 5.92 Å². The highest BCUT2D eigenvalue weighted by Crippen LogP contribution is 2.08. The predicted molar refractivity (Wildman–Crippen MR) is 60.9 cm³/mol. The maximum Gasteiger partial charge on any atom is 0.316 e. The van der Waals surface area contributed by atoms with Crippen LogP contribution in [0.1, 0.15) is 34.1 Å². The zero-order chi connectivity index (χ0) is 13.0. The van der Waals surface area contributed by atoms with Gasteiger partial charge in [-0.2, -0.15) is 0 Å². The molecule has 0 aromatic rings. The minimum absolute atomic E-state index is 0.156. The summed E-state index contributed by atoms with van der Waals surface area (Å²) in [4.78, 5) is 22.0. The van der Waals surface area contributed by atoms with Gasteiger partial charge < -0.3 is 15.7 Å². The van der Waals surface area contributed by atoms with Crippen molar-refractivity contribution in [2.24, 2.45) is 0 Å². The lowest BCUT2D eigenvalue weighted by Crippen LogP contribution is -2.54. The van der Waals surface area contributed by atoms with E-state index in [1.54, 1.807) is 27.7 Å². The number of aliphatic carboxylic acids is 1. The number of carbonyl (C=O) groups is 2. The van der Waals surface area contributed by atoms with Crippen molar-refractivity contribution in [1.29, 1.82) is 0 Å². The van der Waals surface area contributed by atoms with Crippen LogP contribution in [0.4, 0.5) is 4.79 Å². The summed E-state index contributed by atoms with van der Waals surface area (Å²) in [6, 6.07) is -0.478. The Morgan fingerprint density at radius 3 is 2.12 bits per heavy atom. The van der Waals surface area contributed by atoms with Gasteiger partial charge in [-0.15, -0.1) is 6.42 Å². The molecule has 0 bridgehead atoms. The number of hydrogen-bond donors (Lipinski definition) is 3. The lowest BCUT2D eigenvalue weighted by atomic mass is 10.0. The topological polar surface area (TPSA) is 78.4 Å². The van der Waals surface area contributed by atoms with Crippen molar-refractivity contribution < 1.29 is 14.7 Å². The molecule has 16 heavy (non-hydrogen) atoms. The quantitative estimate of drug-likeness (QED) is 0.624. The molecule has 0 aliphatic heterocycles. The van der Waals surface area contributed by atoms with E-state index in [0.29, 0.717) is 0 Å². The molecule has 0 spiro atoms. The summed E-state index contributed by atoms with van der Waals surface area (Å²) in [7, 11) is 0. The molecule has 0 saturated heterocycles. The predicted octanol–water partition coefficient (Wildman–Crippen LogP) is 0.951. The van der Waals surface area contributed by atoms with Crippen LogP contribution < -0.4 is 10.6 Å². The molecule has 0 aromatic heterocycles. The van der Waals surface area contributed by atoms with Crippen LogP contribution in [0.3, 0.4) is 0 Å². The van der Waals surface area contributed by atoms with Gasteiger partial charge in [0.05, 0.1) is 12.0 Å². The number of rotatable bonds is 4. The van der Waals surface area contributed by atoms with Crippen molar-refractivity contribution in [3.63, 3.8) is 0 Å². The maximum atomic E-state index is 11.5. The molecular weight excluding hydrogens is 208 g/mol. The van der Waals surface area contributed by atoms with Gasteiger partial charge in [0.15, 0.2) is 0 Å². The zero-order valence-corrected chi connectivity index (χ0v) is 10.0. The minimum atomic E-state index is -0.971. The fourth-order valence-electron chi connectivity index (χ4n) is 1.08. The van der Waals surface area contributed by atoms with Crippen LogP contribution in [0, 0.1) is 12.3 Å². The van der Waals surface area contributed by atoms with Gasteiger partial charge in [0.1, 0.15) is 0 Å². The van der Waals surface area contributed by atoms with E-state index >= 15 is 0 Å². The summed E-state index contributed by atoms with van der Waals surface area (Å²) in [5.41, 5.74) is -1.58. The van der Waals surface area contributed by atoms with Gasteiger partial charge in [0.2, 0.25) is 0 Å². The number of carboxylic acid groups (broad SMARTS) is 1. The van der Waals surface area contributed by atoms with E-state index in [1.165, 1.54) is 0 Å². The van der Waals surface area contributed by atoms with E-state index in [0.717, 1.165) is 0 Å². The second-order valence-electron chi connectivity index (χ2n) is 4.80. The summed E-state index contributed by atoms with van der Waals surface area (Å²) in [5.74, 6) is 1.44. The number of amides is 2. The van der Waals surface area contributed by atoms with Crippen molar-refractivity contribution in [3.8, 4) is 12.3 Å². The summed E-state index contributed by atoms with van der Waals surface area (Å²) in [6.45, 7) is 6.61. The first-order valence-electron chi connectivity index (χ1n) is 4.88. The van der Waals surface area contributed by atoms with Crippen LogP contribution in [0.15, 0.2) is 0 Å². The second kappa shape index (κ2) is 4.88. The van der Waals surface area contributed by atoms with Crippen molar-refractivity contribution in [2.45, 2.75) is 45.2 Å². The molecule has 5 heteroatoms. The van der Waals surface area contributed by atoms with Crippen LogP contribution >= 0.6 is 0 Å². The molecule has 90 valence electrons. The van der Waals surface area contributed by atoms with E-state index in [1.807, 2.05) is 0 Å². The fourth-order valence-corrected chi connectivity index (χ4v) is 1.08. The van der Waals surface area contributed by atoms with Gasteiger partial charge in [0.25, 0.3) is 0 Å². The first-order valence-corrected chi connectivity index (χ1v) is 4.88. The molecule has 0 saturated carbocycles. The summed E-state index contributed by atoms with van der Waals surface area (Å²) in [6.07, 6.45) is 5.06. The molecule has 0 aliphatic rings. The van der Waals surface area contributed by atoms with Crippen LogP contribution in [-0.2, 0) is 4.79 Å². The average molecular weight is 226 g/mol. The first kappa shape index (κ1) is 14.3. The van der Waals surface area contributed by atoms with Crippen molar-refractivity contribution in [1.82, 2.24) is 10.6 Å². The molecular formula is C11H18N2O3. The molecule has 0 unspecified atom stereocenters. The zero-order valence-electron chi connectivity index (χ0n) is 10.0. The fraction of sp³-hybridized carbons (Fsp3) is 0.636. The molecule has 0 heterocycles. The summed E-state index contributed by atoms with van der Waals surface area (Å²) < 4.78 is 0. The second-order valence-corrected chi connectivity index (χ2v) is 4.80. The summed E-state index contributed by atoms with van der Waals surface area (Å²) >= 11 is 0. The van der Waals surface area contributed by atoms with Crippen molar-refractivity contribution in [2.75, 3.05) is 0 Å². The number of hydrogen-bond acceptors (Lipinski definition) is 2. The van der Waals surface area contributed by atoms with Gasteiger partial charge in [-0.25, -0.2) is 4.79 Å². The molecule has 0 aliphatic carbocycles. The standard InChI is InChI=1S/C11H18N2O3/c1-6-10(2,3)12-9(16)13-11(4,5)7-8(14)15/h1H,7H2,2-5H3,(H,14,15)(H2,12,13,16). The Labute approximate surface area is 95.6 Å². The lowest BCUT2D eigenvalue weighted by Gasteiger charge is -2.27. The monoisotopic (exact) mass is 226 g/mol. The minimum Gasteiger partial charge on any atom is -0.481 e. The Morgan fingerprint density at radius 1 is 1.25 bits per heavy atom. The molecule has 0 fully saturated rings. The van der Waals surface area contributed by atoms with Crippen molar-refractivity contribution >= 4 is 12.0 Å². The van der Waals surface area contributed by atoms with Crippen molar-refractivity contribution in [3.05, 3.63) is 0 Å². The molecule has 0 rings (SSSR count). The van der Waals surface area contributed by atoms with Gasteiger partial charge in [-0.05, 0) is 27.7 Å². The third-order valence-electron chi connectivity index (χ3n) is 1.83. The Hall–Kier alpha value is -1.70. The molecule has 3 N–H and O–H groups in total. The number of carboxylic acids is 1. The van der Waals surface area contributed by atoms with Gasteiger partial charge in [-0.3, -0.25) is 4.79 Å². The van der Waals surface area contributed by atoms with E-state index < -0.39 is 23.1 Å². The van der Waals surface area contributed by atoms with Crippen LogP contribution in [-0.4, -0.2) is 28.2 Å². The Balaban J connectivity index is 4.36. The van der Waals surface area contributed by atoms with E-state index in [-0.39, 0.29) is 6.42 Å². The molecule has 0 atom stereocenters. The van der Waals surface area contributed by atoms with E-state index in [2.05, 4.69) is 16.6 Å². The number of terminal acetylenes is 1. The normalized spacial score (nSPS) is 11.4. The summed E-state index contributed by atoms with van der Waals surface area (Å²) in [5, 5.41) is 13.7. The average Bonchev–Trinajstić information content (AvgIpc) is 1.98. The van der Waals surface area contributed by atoms with Gasteiger partial charge >= 0.3 is 12.0 Å². The van der Waals surface area contributed by atoms with E-state index in [4.69, 9.17) is 11.5 Å². The number of carbonyl (C=O) groups excluding carboxylic acids is 1. The van der Waals surface area contributed by atoms with Gasteiger partial charge in [0, 0.05) is 5.54 Å². The Kier molecular flexibility index (Phi) is 4.36. The van der Waals surface area contributed by atoms with E-state index in [9.17, 15) is 9.59 Å². The molecule has 5 nitrogen and oxygen atoms in total. The SMILES string of the molecule is C#CC(C)(C)NC(=O)NC(C)(C)CC(=O)O. The third kappa shape index (κ3) is 5.91. The highest BCUT2D eigenvalue weighted by molar-refractivity contribution is 5.77. The molecule has 0 radical (unpaired) electrons. The maximum absolute atomic E-state index is 11.5. The number of urea groups is 1. The Bertz CT molecular complexity index is 327. The Morgan fingerprint density at radius 2 is 1.75 bits per heavy atom. The molecule has 0 aromatic carbocycles. The van der Waals surface area contributed by atoms with Crippen LogP contribution in [0.25, 0.3) is 0 Å².